The van der Waals surface area contributed by atoms with Crippen LogP contribution < -0.4 is 5.32 Å². The Kier molecular flexibility index (Phi) is 6.85. The van der Waals surface area contributed by atoms with Gasteiger partial charge in [0.05, 0.1) is 12.8 Å². The predicted molar refractivity (Wildman–Crippen MR) is 65.5 cm³/mol. The monoisotopic (exact) mass is 225 g/mol. The second-order valence-corrected chi connectivity index (χ2v) is 4.08. The van der Waals surface area contributed by atoms with Crippen molar-refractivity contribution in [3.05, 3.63) is 18.0 Å². The largest absolute Gasteiger partial charge is 0.383 e. The molecule has 0 saturated carbocycles. The van der Waals surface area contributed by atoms with Crippen LogP contribution in [0.15, 0.2) is 12.4 Å². The van der Waals surface area contributed by atoms with Crippen molar-refractivity contribution in [3.8, 4) is 0 Å². The van der Waals surface area contributed by atoms with Crippen molar-refractivity contribution in [3.63, 3.8) is 0 Å². The molecule has 1 aromatic heterocycles. The maximum Gasteiger partial charge on any atom is 0.0587 e. The summed E-state index contributed by atoms with van der Waals surface area (Å²) in [6, 6.07) is 0. The van der Waals surface area contributed by atoms with Crippen molar-refractivity contribution in [2.45, 2.75) is 25.7 Å². The number of hydrogen-bond donors (Lipinski definition) is 1. The molecule has 0 aliphatic rings. The molecule has 1 N–H and O–H groups in total. The highest BCUT2D eigenvalue weighted by Gasteiger charge is 1.96. The minimum Gasteiger partial charge on any atom is -0.383 e. The molecule has 4 nitrogen and oxygen atoms in total. The number of aryl methyl sites for hydroxylation is 2. The molecule has 0 radical (unpaired) electrons. The number of aromatic nitrogens is 2. The van der Waals surface area contributed by atoms with E-state index >= 15 is 0 Å². The van der Waals surface area contributed by atoms with Gasteiger partial charge < -0.3 is 10.1 Å². The van der Waals surface area contributed by atoms with Crippen molar-refractivity contribution in [2.75, 3.05) is 26.8 Å². The highest BCUT2D eigenvalue weighted by atomic mass is 16.5. The van der Waals surface area contributed by atoms with Crippen LogP contribution in [0.3, 0.4) is 0 Å². The summed E-state index contributed by atoms with van der Waals surface area (Å²) in [5.41, 5.74) is 1.34. The van der Waals surface area contributed by atoms with E-state index in [0.29, 0.717) is 0 Å². The van der Waals surface area contributed by atoms with Gasteiger partial charge in [0.1, 0.15) is 0 Å². The summed E-state index contributed by atoms with van der Waals surface area (Å²) >= 11 is 0. The standard InChI is InChI=1S/C12H23N3O/c1-15-11-12(10-14-15)6-4-3-5-7-13-8-9-16-2/h10-11,13H,3-9H2,1-2H3. The van der Waals surface area contributed by atoms with Crippen LogP contribution in [0, 0.1) is 0 Å². The minimum atomic E-state index is 0.801. The Labute approximate surface area is 98.0 Å². The fourth-order valence-electron chi connectivity index (χ4n) is 1.66. The smallest absolute Gasteiger partial charge is 0.0587 e. The molecule has 0 aliphatic heterocycles. The Bertz CT molecular complexity index is 273. The first kappa shape index (κ1) is 13.2. The van der Waals surface area contributed by atoms with Crippen LogP contribution in [0.4, 0.5) is 0 Å². The van der Waals surface area contributed by atoms with E-state index in [1.165, 1.54) is 24.8 Å². The van der Waals surface area contributed by atoms with Gasteiger partial charge in [-0.15, -0.1) is 0 Å². The van der Waals surface area contributed by atoms with Crippen LogP contribution in [-0.4, -0.2) is 36.6 Å². The zero-order valence-corrected chi connectivity index (χ0v) is 10.4. The summed E-state index contributed by atoms with van der Waals surface area (Å²) in [6.45, 7) is 2.85. The molecule has 16 heavy (non-hydrogen) atoms. The maximum absolute atomic E-state index is 4.96. The third-order valence-electron chi connectivity index (χ3n) is 2.56. The third-order valence-corrected chi connectivity index (χ3v) is 2.56. The molecular weight excluding hydrogens is 202 g/mol. The van der Waals surface area contributed by atoms with Crippen molar-refractivity contribution in [1.29, 1.82) is 0 Å². The van der Waals surface area contributed by atoms with E-state index in [-0.39, 0.29) is 0 Å². The lowest BCUT2D eigenvalue weighted by Gasteiger charge is -2.03. The lowest BCUT2D eigenvalue weighted by atomic mass is 10.1. The van der Waals surface area contributed by atoms with E-state index in [4.69, 9.17) is 4.74 Å². The van der Waals surface area contributed by atoms with Gasteiger partial charge in [0, 0.05) is 26.9 Å². The van der Waals surface area contributed by atoms with Gasteiger partial charge in [0.25, 0.3) is 0 Å². The van der Waals surface area contributed by atoms with Crippen LogP contribution in [-0.2, 0) is 18.2 Å². The van der Waals surface area contributed by atoms with Gasteiger partial charge in [0.2, 0.25) is 0 Å². The molecule has 0 aliphatic carbocycles. The molecule has 0 atom stereocenters. The van der Waals surface area contributed by atoms with Crippen LogP contribution in [0.5, 0.6) is 0 Å². The first-order chi connectivity index (χ1) is 7.83. The van der Waals surface area contributed by atoms with Crippen molar-refractivity contribution >= 4 is 0 Å². The number of ether oxygens (including phenoxy) is 1. The van der Waals surface area contributed by atoms with E-state index in [1.807, 2.05) is 17.9 Å². The van der Waals surface area contributed by atoms with E-state index in [9.17, 15) is 0 Å². The summed E-state index contributed by atoms with van der Waals surface area (Å²) in [7, 11) is 3.69. The summed E-state index contributed by atoms with van der Waals surface area (Å²) in [5, 5.41) is 7.50. The number of hydrogen-bond acceptors (Lipinski definition) is 3. The van der Waals surface area contributed by atoms with E-state index in [1.54, 1.807) is 7.11 Å². The summed E-state index contributed by atoms with van der Waals surface area (Å²) in [6.07, 6.45) is 8.95. The van der Waals surface area contributed by atoms with Gasteiger partial charge in [-0.3, -0.25) is 4.68 Å². The fourth-order valence-corrected chi connectivity index (χ4v) is 1.66. The van der Waals surface area contributed by atoms with Crippen LogP contribution >= 0.6 is 0 Å². The molecule has 1 heterocycles. The van der Waals surface area contributed by atoms with Crippen LogP contribution in [0.25, 0.3) is 0 Å². The quantitative estimate of drug-likeness (QED) is 0.645. The number of unbranched alkanes of at least 4 members (excludes halogenated alkanes) is 2. The molecular formula is C12H23N3O. The average Bonchev–Trinajstić information content (AvgIpc) is 2.68. The third kappa shape index (κ3) is 5.88. The second-order valence-electron chi connectivity index (χ2n) is 4.08. The summed E-state index contributed by atoms with van der Waals surface area (Å²) in [5.74, 6) is 0. The van der Waals surface area contributed by atoms with Gasteiger partial charge in [-0.2, -0.15) is 5.10 Å². The predicted octanol–water partition coefficient (Wildman–Crippen LogP) is 1.37. The maximum atomic E-state index is 4.96. The van der Waals surface area contributed by atoms with E-state index in [2.05, 4.69) is 16.6 Å². The Morgan fingerprint density at radius 2 is 2.19 bits per heavy atom. The SMILES string of the molecule is COCCNCCCCCc1cnn(C)c1. The first-order valence-electron chi connectivity index (χ1n) is 6.00. The second kappa shape index (κ2) is 8.30. The summed E-state index contributed by atoms with van der Waals surface area (Å²) < 4.78 is 6.82. The lowest BCUT2D eigenvalue weighted by Crippen LogP contribution is -2.20. The van der Waals surface area contributed by atoms with Gasteiger partial charge in [0.15, 0.2) is 0 Å². The molecule has 0 aromatic carbocycles. The molecule has 0 spiro atoms. The molecule has 0 amide bonds. The first-order valence-corrected chi connectivity index (χ1v) is 6.00. The van der Waals surface area contributed by atoms with Gasteiger partial charge >= 0.3 is 0 Å². The van der Waals surface area contributed by atoms with Gasteiger partial charge in [-0.1, -0.05) is 6.42 Å². The van der Waals surface area contributed by atoms with Crippen LogP contribution in [0.2, 0.25) is 0 Å². The zero-order valence-electron chi connectivity index (χ0n) is 10.4. The highest BCUT2D eigenvalue weighted by Crippen LogP contribution is 2.04. The average molecular weight is 225 g/mol. The van der Waals surface area contributed by atoms with Gasteiger partial charge in [-0.25, -0.2) is 0 Å². The number of nitrogens with zero attached hydrogens (tertiary/aromatic N) is 2. The fraction of sp³-hybridized carbons (Fsp3) is 0.750. The highest BCUT2D eigenvalue weighted by molar-refractivity contribution is 5.03. The lowest BCUT2D eigenvalue weighted by molar-refractivity contribution is 0.199. The minimum absolute atomic E-state index is 0.801. The number of nitrogens with one attached hydrogen (secondary N) is 1. The van der Waals surface area contributed by atoms with E-state index in [0.717, 1.165) is 26.1 Å². The van der Waals surface area contributed by atoms with Crippen LogP contribution in [0.1, 0.15) is 24.8 Å². The topological polar surface area (TPSA) is 39.1 Å². The molecule has 1 rings (SSSR count). The molecule has 0 unspecified atom stereocenters. The zero-order chi connectivity index (χ0) is 11.6. The molecule has 0 bridgehead atoms. The molecule has 0 saturated heterocycles. The Balaban J connectivity index is 1.88. The Morgan fingerprint density at radius 3 is 2.88 bits per heavy atom. The number of rotatable bonds is 9. The van der Waals surface area contributed by atoms with Crippen molar-refractivity contribution < 1.29 is 4.74 Å². The molecule has 0 fully saturated rings. The Hall–Kier alpha value is -0.870. The normalized spacial score (nSPS) is 10.9. The Morgan fingerprint density at radius 1 is 1.31 bits per heavy atom. The van der Waals surface area contributed by atoms with E-state index < -0.39 is 0 Å². The van der Waals surface area contributed by atoms with Crippen molar-refractivity contribution in [1.82, 2.24) is 15.1 Å². The molecule has 92 valence electrons. The number of methoxy groups -OCH3 is 1. The molecule has 4 heteroatoms. The summed E-state index contributed by atoms with van der Waals surface area (Å²) in [4.78, 5) is 0. The van der Waals surface area contributed by atoms with Gasteiger partial charge in [-0.05, 0) is 31.4 Å². The molecule has 1 aromatic rings. The van der Waals surface area contributed by atoms with Crippen molar-refractivity contribution in [2.24, 2.45) is 7.05 Å².